The third kappa shape index (κ3) is 4.15. The maximum absolute atomic E-state index is 12.5. The molecule has 146 valence electrons. The largest absolute Gasteiger partial charge is 0.324 e. The average molecular weight is 425 g/mol. The Labute approximate surface area is 174 Å². The first-order valence-corrected chi connectivity index (χ1v) is 10.5. The van der Waals surface area contributed by atoms with Gasteiger partial charge in [-0.2, -0.15) is 0 Å². The second kappa shape index (κ2) is 8.06. The minimum Gasteiger partial charge on any atom is -0.324 e. The minimum absolute atomic E-state index is 0.108. The highest BCUT2D eigenvalue weighted by Crippen LogP contribution is 2.32. The van der Waals surface area contributed by atoms with Gasteiger partial charge in [0.2, 0.25) is 5.91 Å². The van der Waals surface area contributed by atoms with Crippen LogP contribution in [0.3, 0.4) is 0 Å². The number of hydrazine groups is 1. The monoisotopic (exact) mass is 424 g/mol. The van der Waals surface area contributed by atoms with Crippen LogP contribution in [0, 0.1) is 6.92 Å². The first-order valence-electron chi connectivity index (χ1n) is 8.71. The Morgan fingerprint density at radius 1 is 1.07 bits per heavy atom. The van der Waals surface area contributed by atoms with Crippen LogP contribution >= 0.6 is 23.1 Å². The van der Waals surface area contributed by atoms with Gasteiger partial charge in [-0.15, -0.1) is 23.1 Å². The first kappa shape index (κ1) is 19.2. The van der Waals surface area contributed by atoms with Gasteiger partial charge in [-0.3, -0.25) is 25.2 Å². The van der Waals surface area contributed by atoms with Crippen LogP contribution in [0.25, 0.3) is 10.6 Å². The Morgan fingerprint density at radius 3 is 2.62 bits per heavy atom. The van der Waals surface area contributed by atoms with Crippen molar-refractivity contribution in [2.75, 3.05) is 11.1 Å². The summed E-state index contributed by atoms with van der Waals surface area (Å²) < 4.78 is 0. The molecule has 3 amide bonds. The van der Waals surface area contributed by atoms with Crippen molar-refractivity contribution in [2.45, 2.75) is 11.8 Å². The number of anilines is 1. The number of amides is 3. The van der Waals surface area contributed by atoms with Gasteiger partial charge in [0.25, 0.3) is 11.8 Å². The summed E-state index contributed by atoms with van der Waals surface area (Å²) in [6.07, 6.45) is 0. The van der Waals surface area contributed by atoms with Gasteiger partial charge < -0.3 is 5.32 Å². The van der Waals surface area contributed by atoms with E-state index in [4.69, 9.17) is 0 Å². The molecule has 1 aliphatic rings. The number of thioether (sulfide) groups is 1. The predicted molar refractivity (Wildman–Crippen MR) is 113 cm³/mol. The van der Waals surface area contributed by atoms with Crippen LogP contribution in [0.4, 0.5) is 5.69 Å². The number of thiazole rings is 1. The number of nitrogens with zero attached hydrogens (tertiary/aromatic N) is 1. The van der Waals surface area contributed by atoms with E-state index in [1.165, 1.54) is 23.1 Å². The van der Waals surface area contributed by atoms with E-state index in [2.05, 4.69) is 21.2 Å². The molecule has 3 aromatic rings. The molecular formula is C20H16N4O3S2. The SMILES string of the molecule is Cc1nc(-c2ccccc2)sc1C(=O)NNC(=O)c1ccc2c(c1)NC(=O)CS2. The Morgan fingerprint density at radius 2 is 1.83 bits per heavy atom. The van der Waals surface area contributed by atoms with E-state index in [-0.39, 0.29) is 5.91 Å². The number of benzene rings is 2. The normalized spacial score (nSPS) is 12.7. The maximum atomic E-state index is 12.5. The van der Waals surface area contributed by atoms with E-state index in [9.17, 15) is 14.4 Å². The highest BCUT2D eigenvalue weighted by molar-refractivity contribution is 8.00. The predicted octanol–water partition coefficient (Wildman–Crippen LogP) is 3.24. The number of hydrogen-bond donors (Lipinski definition) is 3. The van der Waals surface area contributed by atoms with Crippen LogP contribution in [0.1, 0.15) is 25.7 Å². The summed E-state index contributed by atoms with van der Waals surface area (Å²) in [5.74, 6) is -0.662. The van der Waals surface area contributed by atoms with E-state index in [0.717, 1.165) is 15.5 Å². The second-order valence-corrected chi connectivity index (χ2v) is 8.27. The third-order valence-electron chi connectivity index (χ3n) is 4.19. The topological polar surface area (TPSA) is 100 Å². The minimum atomic E-state index is -0.476. The zero-order valence-electron chi connectivity index (χ0n) is 15.3. The van der Waals surface area contributed by atoms with Crippen molar-refractivity contribution in [1.82, 2.24) is 15.8 Å². The van der Waals surface area contributed by atoms with Gasteiger partial charge in [0.1, 0.15) is 9.88 Å². The van der Waals surface area contributed by atoms with Crippen molar-refractivity contribution in [2.24, 2.45) is 0 Å². The van der Waals surface area contributed by atoms with Gasteiger partial charge in [0, 0.05) is 16.0 Å². The number of hydrogen-bond acceptors (Lipinski definition) is 6. The Balaban J connectivity index is 1.44. The lowest BCUT2D eigenvalue weighted by Crippen LogP contribution is -2.41. The van der Waals surface area contributed by atoms with Crippen LogP contribution in [-0.4, -0.2) is 28.5 Å². The Hall–Kier alpha value is -3.17. The van der Waals surface area contributed by atoms with Crippen molar-refractivity contribution in [3.05, 3.63) is 64.7 Å². The molecule has 1 aromatic heterocycles. The molecule has 0 saturated carbocycles. The lowest BCUT2D eigenvalue weighted by molar-refractivity contribution is -0.113. The molecule has 3 N–H and O–H groups in total. The first-order chi connectivity index (χ1) is 14.0. The molecule has 9 heteroatoms. The van der Waals surface area contributed by atoms with Gasteiger partial charge in [-0.1, -0.05) is 30.3 Å². The average Bonchev–Trinajstić information content (AvgIpc) is 3.13. The van der Waals surface area contributed by atoms with Crippen LogP contribution < -0.4 is 16.2 Å². The molecule has 7 nitrogen and oxygen atoms in total. The smallest absolute Gasteiger partial charge is 0.281 e. The molecule has 2 heterocycles. The zero-order valence-corrected chi connectivity index (χ0v) is 16.9. The van der Waals surface area contributed by atoms with Crippen molar-refractivity contribution in [3.8, 4) is 10.6 Å². The van der Waals surface area contributed by atoms with Crippen LogP contribution in [0.2, 0.25) is 0 Å². The van der Waals surface area contributed by atoms with Gasteiger partial charge in [-0.25, -0.2) is 4.98 Å². The van der Waals surface area contributed by atoms with Crippen LogP contribution in [0.5, 0.6) is 0 Å². The van der Waals surface area contributed by atoms with E-state index < -0.39 is 11.8 Å². The lowest BCUT2D eigenvalue weighted by Gasteiger charge is -2.17. The number of carbonyl (C=O) groups excluding carboxylic acids is 3. The summed E-state index contributed by atoms with van der Waals surface area (Å²) in [6, 6.07) is 14.6. The molecule has 1 aliphatic heterocycles. The quantitative estimate of drug-likeness (QED) is 0.561. The van der Waals surface area contributed by atoms with Crippen LogP contribution in [0.15, 0.2) is 53.4 Å². The number of aromatic nitrogens is 1. The van der Waals surface area contributed by atoms with E-state index >= 15 is 0 Å². The molecule has 0 bridgehead atoms. The Bertz CT molecular complexity index is 1110. The van der Waals surface area contributed by atoms with Gasteiger partial charge in [0.15, 0.2) is 0 Å². The van der Waals surface area contributed by atoms with Gasteiger partial charge in [0.05, 0.1) is 17.1 Å². The Kier molecular flexibility index (Phi) is 5.32. The molecular weight excluding hydrogens is 408 g/mol. The standard InChI is InChI=1S/C20H16N4O3S2/c1-11-17(29-20(21-11)12-5-3-2-4-6-12)19(27)24-23-18(26)13-7-8-15-14(9-13)22-16(25)10-28-15/h2-9H,10H2,1H3,(H,22,25)(H,23,26)(H,24,27). The fraction of sp³-hybridized carbons (Fsp3) is 0.100. The summed E-state index contributed by atoms with van der Waals surface area (Å²) in [5, 5.41) is 3.48. The summed E-state index contributed by atoms with van der Waals surface area (Å²) in [4.78, 5) is 42.2. The molecule has 2 aromatic carbocycles. The molecule has 0 saturated heterocycles. The molecule has 29 heavy (non-hydrogen) atoms. The fourth-order valence-electron chi connectivity index (χ4n) is 2.78. The molecule has 0 aliphatic carbocycles. The summed E-state index contributed by atoms with van der Waals surface area (Å²) in [7, 11) is 0. The van der Waals surface area contributed by atoms with Crippen LogP contribution in [-0.2, 0) is 4.79 Å². The van der Waals surface area contributed by atoms with E-state index in [1.807, 2.05) is 30.3 Å². The fourth-order valence-corrected chi connectivity index (χ4v) is 4.53. The molecule has 4 rings (SSSR count). The number of aryl methyl sites for hydroxylation is 1. The number of rotatable bonds is 3. The van der Waals surface area contributed by atoms with Gasteiger partial charge >= 0.3 is 0 Å². The van der Waals surface area contributed by atoms with Crippen molar-refractivity contribution < 1.29 is 14.4 Å². The second-order valence-electron chi connectivity index (χ2n) is 6.26. The molecule has 0 radical (unpaired) electrons. The number of nitrogens with one attached hydrogen (secondary N) is 3. The highest BCUT2D eigenvalue weighted by atomic mass is 32.2. The molecule has 0 unspecified atom stereocenters. The number of carbonyl (C=O) groups is 3. The van der Waals surface area contributed by atoms with Crippen molar-refractivity contribution in [3.63, 3.8) is 0 Å². The summed E-state index contributed by atoms with van der Waals surface area (Å²) in [6.45, 7) is 1.75. The highest BCUT2D eigenvalue weighted by Gasteiger charge is 2.19. The molecule has 0 atom stereocenters. The van der Waals surface area contributed by atoms with Crippen molar-refractivity contribution in [1.29, 1.82) is 0 Å². The van der Waals surface area contributed by atoms with Crippen molar-refractivity contribution >= 4 is 46.5 Å². The van der Waals surface area contributed by atoms with E-state index in [1.54, 1.807) is 25.1 Å². The zero-order chi connectivity index (χ0) is 20.4. The lowest BCUT2D eigenvalue weighted by atomic mass is 10.2. The summed E-state index contributed by atoms with van der Waals surface area (Å²) in [5.41, 5.74) is 7.29. The number of fused-ring (bicyclic) bond motifs is 1. The third-order valence-corrected chi connectivity index (χ3v) is 6.47. The van der Waals surface area contributed by atoms with Gasteiger partial charge in [-0.05, 0) is 25.1 Å². The van der Waals surface area contributed by atoms with E-state index in [0.29, 0.717) is 27.6 Å². The molecule has 0 spiro atoms. The maximum Gasteiger partial charge on any atom is 0.281 e. The molecule has 0 fully saturated rings. The summed E-state index contributed by atoms with van der Waals surface area (Å²) >= 11 is 2.68.